The van der Waals surface area contributed by atoms with Crippen molar-refractivity contribution in [1.29, 1.82) is 0 Å². The third-order valence-corrected chi connectivity index (χ3v) is 3.94. The molecule has 0 aromatic carbocycles. The van der Waals surface area contributed by atoms with E-state index in [1.165, 1.54) is 16.2 Å². The molecule has 0 aliphatic carbocycles. The Morgan fingerprint density at radius 2 is 1.84 bits per heavy atom. The van der Waals surface area contributed by atoms with Crippen LogP contribution in [0.4, 0.5) is 13.2 Å². The van der Waals surface area contributed by atoms with Crippen LogP contribution < -0.4 is 0 Å². The van der Waals surface area contributed by atoms with Crippen molar-refractivity contribution in [2.75, 3.05) is 39.3 Å². The molecule has 1 aromatic heterocycles. The summed E-state index contributed by atoms with van der Waals surface area (Å²) in [4.78, 5) is 15.9. The summed E-state index contributed by atoms with van der Waals surface area (Å²) in [6.07, 6.45) is -4.14. The van der Waals surface area contributed by atoms with Crippen LogP contribution in [0.25, 0.3) is 0 Å². The Bertz CT molecular complexity index is 411. The number of alkyl halides is 3. The fraction of sp³-hybridized carbons (Fsp3) is 0.583. The smallest absolute Gasteiger partial charge is 0.293 e. The van der Waals surface area contributed by atoms with Gasteiger partial charge >= 0.3 is 6.18 Å². The van der Waals surface area contributed by atoms with E-state index >= 15 is 0 Å². The molecule has 0 amide bonds. The molecule has 0 radical (unpaired) electrons. The van der Waals surface area contributed by atoms with Crippen LogP contribution in [0.2, 0.25) is 0 Å². The Labute approximate surface area is 113 Å². The summed E-state index contributed by atoms with van der Waals surface area (Å²) in [5.41, 5.74) is 0. The predicted molar refractivity (Wildman–Crippen MR) is 67.6 cm³/mol. The minimum Gasteiger partial charge on any atom is -0.293 e. The van der Waals surface area contributed by atoms with Gasteiger partial charge in [0.05, 0.1) is 18.0 Å². The van der Waals surface area contributed by atoms with E-state index in [0.717, 1.165) is 0 Å². The lowest BCUT2D eigenvalue weighted by atomic mass is 10.2. The average Bonchev–Trinajstić information content (AvgIpc) is 2.83. The Kier molecular flexibility index (Phi) is 4.59. The molecule has 3 nitrogen and oxygen atoms in total. The maximum absolute atomic E-state index is 12.2. The van der Waals surface area contributed by atoms with E-state index in [-0.39, 0.29) is 5.78 Å². The van der Waals surface area contributed by atoms with Gasteiger partial charge in [-0.25, -0.2) is 0 Å². The normalized spacial score (nSPS) is 18.7. The fourth-order valence-electron chi connectivity index (χ4n) is 2.08. The van der Waals surface area contributed by atoms with Crippen LogP contribution in [0.1, 0.15) is 9.67 Å². The molecule has 0 bridgehead atoms. The summed E-state index contributed by atoms with van der Waals surface area (Å²) < 4.78 is 36.7. The first-order valence-corrected chi connectivity index (χ1v) is 6.90. The van der Waals surface area contributed by atoms with Gasteiger partial charge in [-0.15, -0.1) is 11.3 Å². The van der Waals surface area contributed by atoms with Crippen LogP contribution >= 0.6 is 11.3 Å². The van der Waals surface area contributed by atoms with Crippen LogP contribution in [0.5, 0.6) is 0 Å². The van der Waals surface area contributed by atoms with Gasteiger partial charge in [0.2, 0.25) is 0 Å². The van der Waals surface area contributed by atoms with E-state index in [2.05, 4.69) is 0 Å². The molecule has 1 aliphatic heterocycles. The second-order valence-corrected chi connectivity index (χ2v) is 5.52. The van der Waals surface area contributed by atoms with Gasteiger partial charge in [0.1, 0.15) is 0 Å². The number of nitrogens with zero attached hydrogens (tertiary/aromatic N) is 2. The van der Waals surface area contributed by atoms with Gasteiger partial charge in [-0.05, 0) is 11.4 Å². The quantitative estimate of drug-likeness (QED) is 0.794. The van der Waals surface area contributed by atoms with Crippen molar-refractivity contribution in [2.24, 2.45) is 0 Å². The maximum atomic E-state index is 12.2. The highest BCUT2D eigenvalue weighted by Crippen LogP contribution is 2.17. The molecule has 2 heterocycles. The first-order valence-electron chi connectivity index (χ1n) is 6.02. The van der Waals surface area contributed by atoms with Crippen molar-refractivity contribution >= 4 is 17.1 Å². The molecule has 19 heavy (non-hydrogen) atoms. The molecular formula is C12H15F3N2OS. The number of carbonyl (C=O) groups is 1. The fourth-order valence-corrected chi connectivity index (χ4v) is 2.73. The van der Waals surface area contributed by atoms with Crippen molar-refractivity contribution in [1.82, 2.24) is 9.80 Å². The zero-order valence-corrected chi connectivity index (χ0v) is 11.1. The molecule has 7 heteroatoms. The predicted octanol–water partition coefficient (Wildman–Crippen LogP) is 2.11. The highest BCUT2D eigenvalue weighted by Gasteiger charge is 2.32. The van der Waals surface area contributed by atoms with Crippen molar-refractivity contribution in [3.05, 3.63) is 22.4 Å². The highest BCUT2D eigenvalue weighted by atomic mass is 32.1. The zero-order valence-electron chi connectivity index (χ0n) is 10.3. The Morgan fingerprint density at radius 1 is 1.21 bits per heavy atom. The lowest BCUT2D eigenvalue weighted by Crippen LogP contribution is -2.50. The van der Waals surface area contributed by atoms with Gasteiger partial charge < -0.3 is 0 Å². The van der Waals surface area contributed by atoms with Crippen LogP contribution in [0.15, 0.2) is 17.5 Å². The minimum absolute atomic E-state index is 0.0410. The Balaban J connectivity index is 1.76. The molecule has 0 atom stereocenters. The van der Waals surface area contributed by atoms with Crippen LogP contribution in [0.3, 0.4) is 0 Å². The lowest BCUT2D eigenvalue weighted by Gasteiger charge is -2.34. The number of hydrogen-bond acceptors (Lipinski definition) is 4. The SMILES string of the molecule is O=C(CN1CCN(CC(F)(F)F)CC1)c1cccs1. The Morgan fingerprint density at radius 3 is 2.37 bits per heavy atom. The minimum atomic E-state index is -4.14. The number of rotatable bonds is 4. The van der Waals surface area contributed by atoms with E-state index < -0.39 is 12.7 Å². The zero-order chi connectivity index (χ0) is 13.9. The molecule has 0 spiro atoms. The van der Waals surface area contributed by atoms with E-state index in [4.69, 9.17) is 0 Å². The number of carbonyl (C=O) groups excluding carboxylic acids is 1. The second-order valence-electron chi connectivity index (χ2n) is 4.57. The molecule has 1 fully saturated rings. The molecule has 1 saturated heterocycles. The number of thiophene rings is 1. The maximum Gasteiger partial charge on any atom is 0.401 e. The largest absolute Gasteiger partial charge is 0.401 e. The standard InChI is InChI=1S/C12H15F3N2OS/c13-12(14,15)9-17-5-3-16(4-6-17)8-10(18)11-2-1-7-19-11/h1-2,7H,3-6,8-9H2. The molecule has 2 rings (SSSR count). The monoisotopic (exact) mass is 292 g/mol. The first-order chi connectivity index (χ1) is 8.94. The van der Waals surface area contributed by atoms with Gasteiger partial charge in [-0.2, -0.15) is 13.2 Å². The van der Waals surface area contributed by atoms with E-state index in [1.54, 1.807) is 6.07 Å². The van der Waals surface area contributed by atoms with Gasteiger partial charge in [0.15, 0.2) is 5.78 Å². The molecule has 0 N–H and O–H groups in total. The highest BCUT2D eigenvalue weighted by molar-refractivity contribution is 7.12. The topological polar surface area (TPSA) is 23.6 Å². The van der Waals surface area contributed by atoms with Crippen LogP contribution in [0, 0.1) is 0 Å². The lowest BCUT2D eigenvalue weighted by molar-refractivity contribution is -0.149. The first kappa shape index (κ1) is 14.5. The van der Waals surface area contributed by atoms with Gasteiger partial charge in [-0.3, -0.25) is 14.6 Å². The van der Waals surface area contributed by atoms with E-state index in [0.29, 0.717) is 37.6 Å². The number of ketones is 1. The molecule has 0 saturated carbocycles. The summed E-state index contributed by atoms with van der Waals surface area (Å²) >= 11 is 1.39. The van der Waals surface area contributed by atoms with E-state index in [9.17, 15) is 18.0 Å². The summed E-state index contributed by atoms with van der Waals surface area (Å²) in [5, 5.41) is 1.84. The summed E-state index contributed by atoms with van der Waals surface area (Å²) in [5.74, 6) is 0.0410. The number of halogens is 3. The Hall–Kier alpha value is -0.920. The summed E-state index contributed by atoms with van der Waals surface area (Å²) in [6.45, 7) is 1.16. The van der Waals surface area contributed by atoms with Gasteiger partial charge in [0.25, 0.3) is 0 Å². The van der Waals surface area contributed by atoms with Gasteiger partial charge in [-0.1, -0.05) is 6.07 Å². The molecule has 1 aliphatic rings. The number of piperazine rings is 1. The summed E-state index contributed by atoms with van der Waals surface area (Å²) in [7, 11) is 0. The molecular weight excluding hydrogens is 277 g/mol. The third kappa shape index (κ3) is 4.59. The van der Waals surface area contributed by atoms with Crippen molar-refractivity contribution in [2.45, 2.75) is 6.18 Å². The van der Waals surface area contributed by atoms with Gasteiger partial charge in [0, 0.05) is 26.2 Å². The van der Waals surface area contributed by atoms with Crippen molar-refractivity contribution in [3.63, 3.8) is 0 Å². The average molecular weight is 292 g/mol. The van der Waals surface area contributed by atoms with Crippen molar-refractivity contribution < 1.29 is 18.0 Å². The van der Waals surface area contributed by atoms with Crippen LogP contribution in [-0.2, 0) is 0 Å². The summed E-state index contributed by atoms with van der Waals surface area (Å²) in [6, 6.07) is 3.59. The van der Waals surface area contributed by atoms with E-state index in [1.807, 2.05) is 16.3 Å². The molecule has 0 unspecified atom stereocenters. The number of hydrogen-bond donors (Lipinski definition) is 0. The second kappa shape index (κ2) is 6.02. The molecule has 1 aromatic rings. The third-order valence-electron chi connectivity index (χ3n) is 3.03. The number of Topliss-reactive ketones (excluding diaryl/α,β-unsaturated/α-hetero) is 1. The molecule has 106 valence electrons. The van der Waals surface area contributed by atoms with Crippen molar-refractivity contribution in [3.8, 4) is 0 Å². The van der Waals surface area contributed by atoms with Crippen LogP contribution in [-0.4, -0.2) is 61.0 Å².